The number of urea groups is 1. The summed E-state index contributed by atoms with van der Waals surface area (Å²) in [6, 6.07) is 10.3. The summed E-state index contributed by atoms with van der Waals surface area (Å²) >= 11 is 0. The molecule has 1 aliphatic rings. The molecular formula is C23H26N2O5. The maximum atomic E-state index is 12.4. The molecule has 0 radical (unpaired) electrons. The molecule has 2 aromatic carbocycles. The number of carbonyl (C=O) groups is 3. The van der Waals surface area contributed by atoms with Crippen LogP contribution in [0.1, 0.15) is 42.5 Å². The molecule has 2 aromatic rings. The van der Waals surface area contributed by atoms with Gasteiger partial charge in [-0.3, -0.25) is 10.1 Å². The van der Waals surface area contributed by atoms with Crippen LogP contribution < -0.4 is 15.4 Å². The molecule has 158 valence electrons. The van der Waals surface area contributed by atoms with Crippen LogP contribution >= 0.6 is 0 Å². The molecule has 0 bridgehead atoms. The predicted octanol–water partition coefficient (Wildman–Crippen LogP) is 3.72. The lowest BCUT2D eigenvalue weighted by Crippen LogP contribution is -2.41. The van der Waals surface area contributed by atoms with E-state index in [1.165, 1.54) is 25.5 Å². The van der Waals surface area contributed by atoms with Crippen molar-refractivity contribution in [1.82, 2.24) is 10.6 Å². The van der Waals surface area contributed by atoms with Gasteiger partial charge >= 0.3 is 12.0 Å². The molecule has 0 atom stereocenters. The zero-order valence-electron chi connectivity index (χ0n) is 17.0. The fraction of sp³-hybridized carbons (Fsp3) is 0.348. The molecule has 30 heavy (non-hydrogen) atoms. The Labute approximate surface area is 175 Å². The Morgan fingerprint density at radius 3 is 2.53 bits per heavy atom. The van der Waals surface area contributed by atoms with Crippen molar-refractivity contribution in [1.29, 1.82) is 0 Å². The van der Waals surface area contributed by atoms with E-state index >= 15 is 0 Å². The van der Waals surface area contributed by atoms with Crippen LogP contribution in [0, 0.1) is 0 Å². The van der Waals surface area contributed by atoms with Crippen LogP contribution in [0.25, 0.3) is 10.8 Å². The SMILES string of the molecule is COc1cc2ccccc2cc1C(=O)OCC(=O)NC(=O)NCCC1=CCCCC1. The minimum atomic E-state index is -0.697. The average Bonchev–Trinajstić information content (AvgIpc) is 2.77. The second kappa shape index (κ2) is 10.4. The van der Waals surface area contributed by atoms with Crippen LogP contribution in [0.2, 0.25) is 0 Å². The Morgan fingerprint density at radius 2 is 1.83 bits per heavy atom. The summed E-state index contributed by atoms with van der Waals surface area (Å²) in [6.07, 6.45) is 7.55. The Hall–Kier alpha value is -3.35. The topological polar surface area (TPSA) is 93.7 Å². The van der Waals surface area contributed by atoms with Crippen molar-refractivity contribution in [3.8, 4) is 5.75 Å². The number of amides is 3. The van der Waals surface area contributed by atoms with E-state index in [0.29, 0.717) is 12.3 Å². The lowest BCUT2D eigenvalue weighted by molar-refractivity contribution is -0.123. The van der Waals surface area contributed by atoms with Crippen LogP contribution in [-0.2, 0) is 9.53 Å². The Kier molecular flexibility index (Phi) is 7.43. The second-order valence-electron chi connectivity index (χ2n) is 7.14. The average molecular weight is 410 g/mol. The predicted molar refractivity (Wildman–Crippen MR) is 113 cm³/mol. The monoisotopic (exact) mass is 410 g/mol. The molecule has 0 heterocycles. The standard InChI is InChI=1S/C23H26N2O5/c1-29-20-14-18-10-6-5-9-17(18)13-19(20)22(27)30-15-21(26)25-23(28)24-12-11-16-7-3-2-4-8-16/h5-7,9-10,13-14H,2-4,8,11-12,15H2,1H3,(H2,24,25,26,28). The van der Waals surface area contributed by atoms with E-state index in [1.807, 2.05) is 24.3 Å². The van der Waals surface area contributed by atoms with Gasteiger partial charge in [-0.1, -0.05) is 35.9 Å². The number of fused-ring (bicyclic) bond motifs is 1. The van der Waals surface area contributed by atoms with Crippen LogP contribution in [0.3, 0.4) is 0 Å². The van der Waals surface area contributed by atoms with Gasteiger partial charge in [-0.25, -0.2) is 9.59 Å². The van der Waals surface area contributed by atoms with Crippen molar-refractivity contribution in [3.63, 3.8) is 0 Å². The number of allylic oxidation sites excluding steroid dienone is 1. The van der Waals surface area contributed by atoms with Gasteiger partial charge in [-0.05, 0) is 55.0 Å². The third-order valence-electron chi connectivity index (χ3n) is 4.99. The van der Waals surface area contributed by atoms with Gasteiger partial charge in [0.15, 0.2) is 6.61 Å². The number of hydrogen-bond donors (Lipinski definition) is 2. The van der Waals surface area contributed by atoms with Crippen LogP contribution in [0.5, 0.6) is 5.75 Å². The molecule has 1 aliphatic carbocycles. The molecule has 0 aliphatic heterocycles. The summed E-state index contributed by atoms with van der Waals surface area (Å²) in [5, 5.41) is 6.58. The van der Waals surface area contributed by atoms with E-state index in [2.05, 4.69) is 16.7 Å². The third kappa shape index (κ3) is 5.83. The zero-order valence-corrected chi connectivity index (χ0v) is 17.0. The van der Waals surface area contributed by atoms with E-state index in [1.54, 1.807) is 12.1 Å². The normalized spacial score (nSPS) is 13.3. The van der Waals surface area contributed by atoms with Crippen molar-refractivity contribution < 1.29 is 23.9 Å². The van der Waals surface area contributed by atoms with Crippen molar-refractivity contribution in [2.24, 2.45) is 0 Å². The summed E-state index contributed by atoms with van der Waals surface area (Å²) in [4.78, 5) is 36.2. The first kappa shape index (κ1) is 21.4. The summed E-state index contributed by atoms with van der Waals surface area (Å²) in [6.45, 7) is -0.105. The van der Waals surface area contributed by atoms with Gasteiger partial charge in [0, 0.05) is 6.54 Å². The molecule has 3 amide bonds. The van der Waals surface area contributed by atoms with E-state index in [0.717, 1.165) is 30.0 Å². The van der Waals surface area contributed by atoms with Crippen LogP contribution in [0.15, 0.2) is 48.0 Å². The molecular weight excluding hydrogens is 384 g/mol. The first-order chi connectivity index (χ1) is 14.6. The summed E-state index contributed by atoms with van der Waals surface area (Å²) in [7, 11) is 1.46. The van der Waals surface area contributed by atoms with E-state index in [4.69, 9.17) is 9.47 Å². The molecule has 2 N–H and O–H groups in total. The summed E-state index contributed by atoms with van der Waals surface area (Å²) in [5.74, 6) is -1.04. The quantitative estimate of drug-likeness (QED) is 0.536. The lowest BCUT2D eigenvalue weighted by atomic mass is 9.97. The van der Waals surface area contributed by atoms with E-state index in [-0.39, 0.29) is 5.56 Å². The number of imide groups is 1. The molecule has 0 spiro atoms. The zero-order chi connectivity index (χ0) is 21.3. The molecule has 7 nitrogen and oxygen atoms in total. The highest BCUT2D eigenvalue weighted by atomic mass is 16.5. The maximum Gasteiger partial charge on any atom is 0.342 e. The van der Waals surface area contributed by atoms with Crippen molar-refractivity contribution in [2.45, 2.75) is 32.1 Å². The summed E-state index contributed by atoms with van der Waals surface area (Å²) < 4.78 is 10.3. The summed E-state index contributed by atoms with van der Waals surface area (Å²) in [5.41, 5.74) is 1.56. The number of esters is 1. The van der Waals surface area contributed by atoms with Gasteiger partial charge in [0.25, 0.3) is 5.91 Å². The highest BCUT2D eigenvalue weighted by Gasteiger charge is 2.17. The number of methoxy groups -OCH3 is 1. The number of carbonyl (C=O) groups excluding carboxylic acids is 3. The Bertz CT molecular complexity index is 967. The van der Waals surface area contributed by atoms with E-state index in [9.17, 15) is 14.4 Å². The maximum absolute atomic E-state index is 12.4. The number of ether oxygens (including phenoxy) is 2. The number of rotatable bonds is 7. The molecule has 0 unspecified atom stereocenters. The molecule has 0 saturated heterocycles. The Balaban J connectivity index is 1.47. The van der Waals surface area contributed by atoms with Crippen LogP contribution in [0.4, 0.5) is 4.79 Å². The smallest absolute Gasteiger partial charge is 0.342 e. The highest BCUT2D eigenvalue weighted by Crippen LogP contribution is 2.26. The van der Waals surface area contributed by atoms with Gasteiger partial charge in [-0.15, -0.1) is 0 Å². The molecule has 0 aromatic heterocycles. The van der Waals surface area contributed by atoms with Gasteiger partial charge in [-0.2, -0.15) is 0 Å². The lowest BCUT2D eigenvalue weighted by Gasteiger charge is -2.13. The van der Waals surface area contributed by atoms with Crippen molar-refractivity contribution in [2.75, 3.05) is 20.3 Å². The van der Waals surface area contributed by atoms with Gasteiger partial charge in [0.2, 0.25) is 0 Å². The Morgan fingerprint density at radius 1 is 1.07 bits per heavy atom. The van der Waals surface area contributed by atoms with Gasteiger partial charge in [0.05, 0.1) is 7.11 Å². The third-order valence-corrected chi connectivity index (χ3v) is 4.99. The highest BCUT2D eigenvalue weighted by molar-refractivity contribution is 6.00. The molecule has 3 rings (SSSR count). The van der Waals surface area contributed by atoms with Crippen LogP contribution in [-0.4, -0.2) is 38.2 Å². The first-order valence-electron chi connectivity index (χ1n) is 10.1. The minimum absolute atomic E-state index is 0.217. The molecule has 0 fully saturated rings. The molecule has 7 heteroatoms. The van der Waals surface area contributed by atoms with Gasteiger partial charge in [0.1, 0.15) is 11.3 Å². The fourth-order valence-corrected chi connectivity index (χ4v) is 3.43. The number of hydrogen-bond acceptors (Lipinski definition) is 5. The minimum Gasteiger partial charge on any atom is -0.496 e. The van der Waals surface area contributed by atoms with Crippen molar-refractivity contribution >= 4 is 28.7 Å². The first-order valence-corrected chi connectivity index (χ1v) is 10.1. The molecule has 0 saturated carbocycles. The van der Waals surface area contributed by atoms with Crippen molar-refractivity contribution in [3.05, 3.63) is 53.6 Å². The number of nitrogens with one attached hydrogen (secondary N) is 2. The number of benzene rings is 2. The largest absolute Gasteiger partial charge is 0.496 e. The second-order valence-corrected chi connectivity index (χ2v) is 7.14. The fourth-order valence-electron chi connectivity index (χ4n) is 3.43. The van der Waals surface area contributed by atoms with E-state index < -0.39 is 24.5 Å². The van der Waals surface area contributed by atoms with Gasteiger partial charge < -0.3 is 14.8 Å².